The third-order valence-electron chi connectivity index (χ3n) is 1.81. The number of rotatable bonds is 1. The number of benzene rings is 1. The first-order valence-corrected chi connectivity index (χ1v) is 4.90. The summed E-state index contributed by atoms with van der Waals surface area (Å²) in [6.45, 7) is 5.72. The Hall–Kier alpha value is -1.71. The molecule has 1 aromatic carbocycles. The summed E-state index contributed by atoms with van der Waals surface area (Å²) >= 11 is 0. The van der Waals surface area contributed by atoms with E-state index in [0.717, 1.165) is 0 Å². The van der Waals surface area contributed by atoms with E-state index in [1.165, 1.54) is 10.9 Å². The second-order valence-electron chi connectivity index (χ2n) is 2.75. The van der Waals surface area contributed by atoms with Gasteiger partial charge in [-0.25, -0.2) is 4.39 Å². The molecule has 0 aliphatic heterocycles. The van der Waals surface area contributed by atoms with Gasteiger partial charge in [-0.05, 0) is 18.6 Å². The average Bonchev–Trinajstić information content (AvgIpc) is 2.78. The van der Waals surface area contributed by atoms with Gasteiger partial charge in [-0.1, -0.05) is 19.9 Å². The van der Waals surface area contributed by atoms with Crippen molar-refractivity contribution < 1.29 is 4.39 Å². The molecule has 0 bridgehead atoms. The van der Waals surface area contributed by atoms with Crippen LogP contribution >= 0.6 is 0 Å². The predicted molar refractivity (Wildman–Crippen MR) is 57.4 cm³/mol. The summed E-state index contributed by atoms with van der Waals surface area (Å²) in [6.07, 6.45) is 3.11. The molecule has 2 rings (SSSR count). The summed E-state index contributed by atoms with van der Waals surface area (Å²) in [5, 5.41) is 7.79. The van der Waals surface area contributed by atoms with Crippen LogP contribution in [0, 0.1) is 12.7 Å². The van der Waals surface area contributed by atoms with Crippen LogP contribution in [-0.2, 0) is 0 Å². The second-order valence-corrected chi connectivity index (χ2v) is 2.75. The molecule has 0 saturated heterocycles. The molecule has 0 spiro atoms. The Morgan fingerprint density at radius 1 is 1.13 bits per heavy atom. The largest absolute Gasteiger partial charge is 0.207 e. The third-order valence-corrected chi connectivity index (χ3v) is 1.81. The lowest BCUT2D eigenvalue weighted by atomic mass is 10.2. The quantitative estimate of drug-likeness (QED) is 0.719. The molecule has 80 valence electrons. The van der Waals surface area contributed by atoms with E-state index in [1.807, 2.05) is 13.8 Å². The number of aryl methyl sites for hydroxylation is 1. The van der Waals surface area contributed by atoms with E-state index in [2.05, 4.69) is 10.2 Å². The number of halogens is 1. The molecule has 0 fully saturated rings. The van der Waals surface area contributed by atoms with Gasteiger partial charge in [0, 0.05) is 6.07 Å². The molecule has 0 aliphatic carbocycles. The van der Waals surface area contributed by atoms with E-state index in [9.17, 15) is 4.39 Å². The summed E-state index contributed by atoms with van der Waals surface area (Å²) < 4.78 is 13.1. The maximum Gasteiger partial charge on any atom is 0.128 e. The molecule has 4 heteroatoms. The first-order valence-electron chi connectivity index (χ1n) is 4.90. The van der Waals surface area contributed by atoms with Gasteiger partial charge in [0.1, 0.15) is 5.82 Å². The van der Waals surface area contributed by atoms with Gasteiger partial charge in [-0.3, -0.25) is 0 Å². The van der Waals surface area contributed by atoms with Crippen LogP contribution in [0.2, 0.25) is 0 Å². The van der Waals surface area contributed by atoms with Gasteiger partial charge in [-0.15, -0.1) is 0 Å². The zero-order valence-corrected chi connectivity index (χ0v) is 9.11. The maximum atomic E-state index is 13.1. The SMILES string of the molecule is CC.Cc1ccc(-n2nccn2)cc1F. The van der Waals surface area contributed by atoms with Crippen molar-refractivity contribution >= 4 is 0 Å². The fraction of sp³-hybridized carbons (Fsp3) is 0.273. The molecule has 1 heterocycles. The summed E-state index contributed by atoms with van der Waals surface area (Å²) in [5.74, 6) is -0.241. The molecule has 0 amide bonds. The molecular weight excluding hydrogens is 193 g/mol. The van der Waals surface area contributed by atoms with Crippen molar-refractivity contribution in [2.45, 2.75) is 20.8 Å². The van der Waals surface area contributed by atoms with Crippen LogP contribution in [0.25, 0.3) is 5.69 Å². The van der Waals surface area contributed by atoms with Crippen LogP contribution in [0.3, 0.4) is 0 Å². The molecular formula is C11H14FN3. The molecule has 0 atom stereocenters. The van der Waals surface area contributed by atoms with E-state index in [1.54, 1.807) is 31.5 Å². The van der Waals surface area contributed by atoms with Gasteiger partial charge in [0.15, 0.2) is 0 Å². The normalized spacial score (nSPS) is 9.33. The number of hydrogen-bond acceptors (Lipinski definition) is 2. The van der Waals surface area contributed by atoms with Gasteiger partial charge in [-0.2, -0.15) is 15.0 Å². The monoisotopic (exact) mass is 207 g/mol. The Balaban J connectivity index is 0.000000531. The van der Waals surface area contributed by atoms with Crippen LogP contribution in [-0.4, -0.2) is 15.0 Å². The standard InChI is InChI=1S/C9H8FN3.C2H6/c1-7-2-3-8(6-9(7)10)13-11-4-5-12-13;1-2/h2-6H,1H3;1-2H3. The number of hydrogen-bond donors (Lipinski definition) is 0. The zero-order chi connectivity index (χ0) is 11.3. The summed E-state index contributed by atoms with van der Waals surface area (Å²) in [5.41, 5.74) is 1.25. The molecule has 0 N–H and O–H groups in total. The van der Waals surface area contributed by atoms with Gasteiger partial charge >= 0.3 is 0 Å². The van der Waals surface area contributed by atoms with Crippen LogP contribution in [0.1, 0.15) is 19.4 Å². The van der Waals surface area contributed by atoms with Crippen LogP contribution < -0.4 is 0 Å². The highest BCUT2D eigenvalue weighted by atomic mass is 19.1. The first kappa shape index (κ1) is 11.4. The predicted octanol–water partition coefficient (Wildman–Crippen LogP) is 2.74. The van der Waals surface area contributed by atoms with E-state index in [4.69, 9.17) is 0 Å². The van der Waals surface area contributed by atoms with Crippen molar-refractivity contribution in [3.8, 4) is 5.69 Å². The Kier molecular flexibility index (Phi) is 3.97. The minimum Gasteiger partial charge on any atom is -0.207 e. The fourth-order valence-corrected chi connectivity index (χ4v) is 1.06. The maximum absolute atomic E-state index is 13.1. The minimum absolute atomic E-state index is 0.241. The van der Waals surface area contributed by atoms with Crippen LogP contribution in [0.15, 0.2) is 30.6 Å². The zero-order valence-electron chi connectivity index (χ0n) is 9.11. The fourth-order valence-electron chi connectivity index (χ4n) is 1.06. The van der Waals surface area contributed by atoms with Crippen molar-refractivity contribution in [1.82, 2.24) is 15.0 Å². The van der Waals surface area contributed by atoms with Crippen molar-refractivity contribution in [1.29, 1.82) is 0 Å². The minimum atomic E-state index is -0.241. The van der Waals surface area contributed by atoms with Crippen molar-refractivity contribution in [2.24, 2.45) is 0 Å². The van der Waals surface area contributed by atoms with E-state index in [0.29, 0.717) is 11.3 Å². The molecule has 0 unspecified atom stereocenters. The lowest BCUT2D eigenvalue weighted by Gasteiger charge is -2.00. The molecule has 1 aromatic heterocycles. The highest BCUT2D eigenvalue weighted by Crippen LogP contribution is 2.10. The molecule has 3 nitrogen and oxygen atoms in total. The average molecular weight is 207 g/mol. The van der Waals surface area contributed by atoms with Crippen molar-refractivity contribution in [3.63, 3.8) is 0 Å². The molecule has 2 aromatic rings. The van der Waals surface area contributed by atoms with Crippen molar-refractivity contribution in [2.75, 3.05) is 0 Å². The summed E-state index contributed by atoms with van der Waals surface area (Å²) in [7, 11) is 0. The molecule has 0 aliphatic rings. The lowest BCUT2D eigenvalue weighted by molar-refractivity contribution is 0.613. The van der Waals surface area contributed by atoms with Crippen LogP contribution in [0.4, 0.5) is 4.39 Å². The van der Waals surface area contributed by atoms with Gasteiger partial charge in [0.25, 0.3) is 0 Å². The van der Waals surface area contributed by atoms with E-state index < -0.39 is 0 Å². The number of nitrogens with zero attached hydrogens (tertiary/aromatic N) is 3. The highest BCUT2D eigenvalue weighted by molar-refractivity contribution is 5.33. The molecule has 0 saturated carbocycles. The van der Waals surface area contributed by atoms with Gasteiger partial charge in [0.05, 0.1) is 18.1 Å². The van der Waals surface area contributed by atoms with E-state index in [-0.39, 0.29) is 5.82 Å². The van der Waals surface area contributed by atoms with Gasteiger partial charge < -0.3 is 0 Å². The highest BCUT2D eigenvalue weighted by Gasteiger charge is 2.01. The second kappa shape index (κ2) is 5.24. The Morgan fingerprint density at radius 2 is 1.73 bits per heavy atom. The summed E-state index contributed by atoms with van der Waals surface area (Å²) in [6, 6.07) is 4.89. The lowest BCUT2D eigenvalue weighted by Crippen LogP contribution is -1.99. The smallest absolute Gasteiger partial charge is 0.128 e. The van der Waals surface area contributed by atoms with Gasteiger partial charge in [0.2, 0.25) is 0 Å². The first-order chi connectivity index (χ1) is 7.27. The Labute approximate surface area is 88.6 Å². The summed E-state index contributed by atoms with van der Waals surface area (Å²) in [4.78, 5) is 1.38. The Bertz CT molecular complexity index is 410. The van der Waals surface area contributed by atoms with Crippen molar-refractivity contribution in [3.05, 3.63) is 42.0 Å². The number of aromatic nitrogens is 3. The third kappa shape index (κ3) is 2.62. The van der Waals surface area contributed by atoms with Crippen LogP contribution in [0.5, 0.6) is 0 Å². The molecule has 0 radical (unpaired) electrons. The van der Waals surface area contributed by atoms with E-state index >= 15 is 0 Å². The topological polar surface area (TPSA) is 30.7 Å². The molecule has 15 heavy (non-hydrogen) atoms. The Morgan fingerprint density at radius 3 is 2.27 bits per heavy atom.